The summed E-state index contributed by atoms with van der Waals surface area (Å²) in [4.78, 5) is 23.8. The Bertz CT molecular complexity index is 727. The SMILES string of the molecule is CCCCOC(=O)CSC1=C(C#N)C(c2cccc(Cl)c2)CC(=O)N1. The molecule has 1 N–H and O–H groups in total. The number of hydrogen-bond acceptors (Lipinski definition) is 5. The molecule has 0 bridgehead atoms. The van der Waals surface area contributed by atoms with E-state index >= 15 is 0 Å². The number of carbonyl (C=O) groups is 2. The molecule has 0 saturated carbocycles. The van der Waals surface area contributed by atoms with E-state index in [1.54, 1.807) is 18.2 Å². The van der Waals surface area contributed by atoms with E-state index in [1.165, 1.54) is 0 Å². The van der Waals surface area contributed by atoms with Gasteiger partial charge in [-0.1, -0.05) is 48.8 Å². The van der Waals surface area contributed by atoms with Crippen molar-refractivity contribution >= 4 is 35.2 Å². The molecule has 1 aromatic carbocycles. The van der Waals surface area contributed by atoms with Gasteiger partial charge in [-0.3, -0.25) is 9.59 Å². The van der Waals surface area contributed by atoms with E-state index in [1.807, 2.05) is 13.0 Å². The first-order valence-electron chi connectivity index (χ1n) is 8.03. The second-order valence-corrected chi connectivity index (χ2v) is 7.00. The van der Waals surface area contributed by atoms with Gasteiger partial charge in [-0.2, -0.15) is 5.26 Å². The average molecular weight is 379 g/mol. The first-order valence-corrected chi connectivity index (χ1v) is 9.39. The fourth-order valence-electron chi connectivity index (χ4n) is 2.44. The Morgan fingerprint density at radius 1 is 1.52 bits per heavy atom. The van der Waals surface area contributed by atoms with E-state index in [-0.39, 0.29) is 30.0 Å². The highest BCUT2D eigenvalue weighted by Crippen LogP contribution is 2.36. The molecule has 0 spiro atoms. The molecule has 1 unspecified atom stereocenters. The standard InChI is InChI=1S/C18H19ClN2O3S/c1-2-3-7-24-17(23)11-25-18-15(10-20)14(9-16(22)21-18)12-5-4-6-13(19)8-12/h4-6,8,14H,2-3,7,9,11H2,1H3,(H,21,22). The number of hydrogen-bond donors (Lipinski definition) is 1. The van der Waals surface area contributed by atoms with Crippen molar-refractivity contribution < 1.29 is 14.3 Å². The minimum Gasteiger partial charge on any atom is -0.465 e. The van der Waals surface area contributed by atoms with Crippen LogP contribution in [-0.2, 0) is 14.3 Å². The number of amides is 1. The lowest BCUT2D eigenvalue weighted by Crippen LogP contribution is -2.31. The Hall–Kier alpha value is -1.97. The molecule has 1 atom stereocenters. The second kappa shape index (κ2) is 9.50. The second-order valence-electron chi connectivity index (χ2n) is 5.58. The summed E-state index contributed by atoms with van der Waals surface area (Å²) >= 11 is 7.15. The molecule has 1 aromatic rings. The lowest BCUT2D eigenvalue weighted by atomic mass is 9.87. The number of nitrogens with zero attached hydrogens (tertiary/aromatic N) is 1. The molecule has 0 aliphatic carbocycles. The Kier molecular flexibility index (Phi) is 7.35. The summed E-state index contributed by atoms with van der Waals surface area (Å²) in [5, 5.41) is 13.2. The molecule has 1 aliphatic rings. The van der Waals surface area contributed by atoms with Gasteiger partial charge in [0.05, 0.1) is 29.0 Å². The molecule has 5 nitrogen and oxygen atoms in total. The zero-order valence-corrected chi connectivity index (χ0v) is 15.5. The highest BCUT2D eigenvalue weighted by Gasteiger charge is 2.30. The number of unbranched alkanes of at least 4 members (excludes halogenated alkanes) is 1. The number of allylic oxidation sites excluding steroid dienone is 1. The minimum absolute atomic E-state index is 0.0484. The van der Waals surface area contributed by atoms with Crippen molar-refractivity contribution in [2.45, 2.75) is 32.1 Å². The van der Waals surface area contributed by atoms with Gasteiger partial charge in [-0.05, 0) is 24.1 Å². The lowest BCUT2D eigenvalue weighted by Gasteiger charge is -2.25. The van der Waals surface area contributed by atoms with Gasteiger partial charge in [0, 0.05) is 17.4 Å². The van der Waals surface area contributed by atoms with Crippen LogP contribution >= 0.6 is 23.4 Å². The van der Waals surface area contributed by atoms with Crippen LogP contribution in [0.5, 0.6) is 0 Å². The quantitative estimate of drug-likeness (QED) is 0.577. The molecular formula is C18H19ClN2O3S. The first kappa shape index (κ1) is 19.4. The molecule has 1 heterocycles. The van der Waals surface area contributed by atoms with Crippen molar-refractivity contribution in [3.05, 3.63) is 45.5 Å². The third kappa shape index (κ3) is 5.52. The maximum absolute atomic E-state index is 12.0. The Morgan fingerprint density at radius 2 is 2.32 bits per heavy atom. The first-order chi connectivity index (χ1) is 12.0. The van der Waals surface area contributed by atoms with Gasteiger partial charge in [0.2, 0.25) is 5.91 Å². The Balaban J connectivity index is 2.15. The Labute approximate surface area is 156 Å². The van der Waals surface area contributed by atoms with Crippen molar-refractivity contribution in [1.82, 2.24) is 5.32 Å². The van der Waals surface area contributed by atoms with Gasteiger partial charge in [-0.15, -0.1) is 0 Å². The molecule has 1 aliphatic heterocycles. The molecule has 132 valence electrons. The molecule has 7 heteroatoms. The van der Waals surface area contributed by atoms with E-state index in [9.17, 15) is 14.9 Å². The van der Waals surface area contributed by atoms with Gasteiger partial charge >= 0.3 is 5.97 Å². The maximum atomic E-state index is 12.0. The predicted molar refractivity (Wildman–Crippen MR) is 97.9 cm³/mol. The largest absolute Gasteiger partial charge is 0.465 e. The van der Waals surface area contributed by atoms with Crippen molar-refractivity contribution in [2.75, 3.05) is 12.4 Å². The fraction of sp³-hybridized carbons (Fsp3) is 0.389. The van der Waals surface area contributed by atoms with Crippen LogP contribution in [0.4, 0.5) is 0 Å². The van der Waals surface area contributed by atoms with Crippen molar-refractivity contribution in [3.63, 3.8) is 0 Å². The van der Waals surface area contributed by atoms with Crippen LogP contribution in [0.1, 0.15) is 37.7 Å². The van der Waals surface area contributed by atoms with Crippen molar-refractivity contribution in [1.29, 1.82) is 5.26 Å². The number of carbonyl (C=O) groups excluding carboxylic acids is 2. The van der Waals surface area contributed by atoms with Crippen LogP contribution in [0, 0.1) is 11.3 Å². The van der Waals surface area contributed by atoms with Crippen LogP contribution in [-0.4, -0.2) is 24.2 Å². The molecule has 0 saturated heterocycles. The summed E-state index contributed by atoms with van der Waals surface area (Å²) in [6.07, 6.45) is 1.94. The van der Waals surface area contributed by atoms with E-state index in [4.69, 9.17) is 16.3 Å². The summed E-state index contributed by atoms with van der Waals surface area (Å²) in [6.45, 7) is 2.40. The Morgan fingerprint density at radius 3 is 3.00 bits per heavy atom. The van der Waals surface area contributed by atoms with Gasteiger partial charge < -0.3 is 10.1 Å². The zero-order valence-electron chi connectivity index (χ0n) is 13.9. The average Bonchev–Trinajstić information content (AvgIpc) is 2.59. The summed E-state index contributed by atoms with van der Waals surface area (Å²) in [5.41, 5.74) is 1.25. The number of thioether (sulfide) groups is 1. The molecule has 1 amide bonds. The molecular weight excluding hydrogens is 360 g/mol. The monoisotopic (exact) mass is 378 g/mol. The smallest absolute Gasteiger partial charge is 0.316 e. The minimum atomic E-state index is -0.365. The third-order valence-electron chi connectivity index (χ3n) is 3.70. The fourth-order valence-corrected chi connectivity index (χ4v) is 3.52. The van der Waals surface area contributed by atoms with Crippen molar-refractivity contribution in [2.24, 2.45) is 0 Å². The summed E-state index contributed by atoms with van der Waals surface area (Å²) in [7, 11) is 0. The number of nitrogens with one attached hydrogen (secondary N) is 1. The summed E-state index contributed by atoms with van der Waals surface area (Å²) in [5.74, 6) is -0.864. The number of rotatable bonds is 7. The normalized spacial score (nSPS) is 17.0. The molecule has 0 radical (unpaired) electrons. The molecule has 0 fully saturated rings. The van der Waals surface area contributed by atoms with Crippen LogP contribution in [0.25, 0.3) is 0 Å². The van der Waals surface area contributed by atoms with E-state index in [2.05, 4.69) is 11.4 Å². The van der Waals surface area contributed by atoms with Gasteiger partial charge in [0.1, 0.15) is 0 Å². The zero-order chi connectivity index (χ0) is 18.2. The molecule has 25 heavy (non-hydrogen) atoms. The van der Waals surface area contributed by atoms with Gasteiger partial charge in [0.25, 0.3) is 0 Å². The predicted octanol–water partition coefficient (Wildman–Crippen LogP) is 3.76. The van der Waals surface area contributed by atoms with Crippen LogP contribution in [0.3, 0.4) is 0 Å². The number of ether oxygens (including phenoxy) is 1. The lowest BCUT2D eigenvalue weighted by molar-refractivity contribution is -0.140. The number of esters is 1. The summed E-state index contributed by atoms with van der Waals surface area (Å²) < 4.78 is 5.10. The maximum Gasteiger partial charge on any atom is 0.316 e. The number of benzene rings is 1. The highest BCUT2D eigenvalue weighted by molar-refractivity contribution is 8.03. The summed E-state index contributed by atoms with van der Waals surface area (Å²) in [6, 6.07) is 9.29. The van der Waals surface area contributed by atoms with Crippen LogP contribution in [0.15, 0.2) is 34.9 Å². The number of nitriles is 1. The van der Waals surface area contributed by atoms with E-state index < -0.39 is 0 Å². The van der Waals surface area contributed by atoms with Crippen LogP contribution in [0.2, 0.25) is 5.02 Å². The van der Waals surface area contributed by atoms with E-state index in [0.717, 1.165) is 30.2 Å². The number of halogens is 1. The van der Waals surface area contributed by atoms with Gasteiger partial charge in [0.15, 0.2) is 0 Å². The van der Waals surface area contributed by atoms with Crippen molar-refractivity contribution in [3.8, 4) is 6.07 Å². The topological polar surface area (TPSA) is 79.2 Å². The van der Waals surface area contributed by atoms with E-state index in [0.29, 0.717) is 22.2 Å². The molecule has 0 aromatic heterocycles. The van der Waals surface area contributed by atoms with Crippen LogP contribution < -0.4 is 5.32 Å². The molecule has 2 rings (SSSR count). The highest BCUT2D eigenvalue weighted by atomic mass is 35.5. The van der Waals surface area contributed by atoms with Gasteiger partial charge in [-0.25, -0.2) is 0 Å². The third-order valence-corrected chi connectivity index (χ3v) is 4.93.